The largest absolute Gasteiger partial charge is 0.463 e. The van der Waals surface area contributed by atoms with Crippen molar-refractivity contribution in [2.75, 3.05) is 7.11 Å². The van der Waals surface area contributed by atoms with E-state index in [0.717, 1.165) is 45.6 Å². The molecule has 4 N–H and O–H groups in total. The van der Waals surface area contributed by atoms with Crippen LogP contribution in [0.4, 0.5) is 9.59 Å². The van der Waals surface area contributed by atoms with Gasteiger partial charge in [0.1, 0.15) is 23.3 Å². The van der Waals surface area contributed by atoms with Crippen LogP contribution >= 0.6 is 0 Å². The van der Waals surface area contributed by atoms with Gasteiger partial charge in [0.15, 0.2) is 0 Å². The standard InChI is InChI=1S/C14H23NO5.C13H22N2O4/c1-14(2,3)20-13(18)15-10(8-9-6-5-7-9)11(16)12(17)19-4;1-13(2,3)19-12(18)15-9(10(16)11(14)17)7-8-5-4-6-8/h9-10H,5-8H2,1-4H3,(H,15,18);8-9H,4-7H2,1-3H3,(H2,14,17)(H,15,18). The van der Waals surface area contributed by atoms with E-state index >= 15 is 0 Å². The van der Waals surface area contributed by atoms with Crippen molar-refractivity contribution < 1.29 is 43.0 Å². The lowest BCUT2D eigenvalue weighted by Crippen LogP contribution is -2.48. The summed E-state index contributed by atoms with van der Waals surface area (Å²) in [6.07, 6.45) is 5.79. The van der Waals surface area contributed by atoms with Crippen molar-refractivity contribution in [2.24, 2.45) is 17.6 Å². The average molecular weight is 556 g/mol. The number of Topliss-reactive ketones (excluding diaryl/α,β-unsaturated/α-hetero) is 2. The Morgan fingerprint density at radius 3 is 1.33 bits per heavy atom. The summed E-state index contributed by atoms with van der Waals surface area (Å²) in [6, 6.07) is -1.75. The minimum absolute atomic E-state index is 0.364. The van der Waals surface area contributed by atoms with Crippen LogP contribution < -0.4 is 16.4 Å². The number of methoxy groups -OCH3 is 1. The predicted molar refractivity (Wildman–Crippen MR) is 141 cm³/mol. The van der Waals surface area contributed by atoms with Crippen molar-refractivity contribution in [2.45, 2.75) is 116 Å². The number of hydrogen-bond acceptors (Lipinski definition) is 9. The fraction of sp³-hybridized carbons (Fsp3) is 0.778. The Bertz CT molecular complexity index is 897. The van der Waals surface area contributed by atoms with Gasteiger partial charge in [-0.2, -0.15) is 0 Å². The average Bonchev–Trinajstić information content (AvgIpc) is 2.73. The molecule has 0 heterocycles. The fourth-order valence-corrected chi connectivity index (χ4v) is 3.90. The highest BCUT2D eigenvalue weighted by molar-refractivity contribution is 6.37. The molecule has 2 saturated carbocycles. The SMILES string of the molecule is CC(C)(C)OC(=O)NC(CC1CCC1)C(=O)C(N)=O.COC(=O)C(=O)C(CC1CCC1)NC(=O)OC(C)(C)C. The summed E-state index contributed by atoms with van der Waals surface area (Å²) in [4.78, 5) is 69.3. The van der Waals surface area contributed by atoms with Crippen LogP contribution in [0.25, 0.3) is 0 Å². The lowest BCUT2D eigenvalue weighted by molar-refractivity contribution is -0.152. The minimum atomic E-state index is -1.03. The fourth-order valence-electron chi connectivity index (χ4n) is 3.90. The van der Waals surface area contributed by atoms with Gasteiger partial charge in [-0.15, -0.1) is 0 Å². The number of carbonyl (C=O) groups excluding carboxylic acids is 6. The first-order valence-electron chi connectivity index (χ1n) is 13.4. The molecule has 0 saturated heterocycles. The number of ether oxygens (including phenoxy) is 3. The summed E-state index contributed by atoms with van der Waals surface area (Å²) in [5.74, 6) is -2.74. The van der Waals surface area contributed by atoms with Crippen molar-refractivity contribution in [3.8, 4) is 0 Å². The van der Waals surface area contributed by atoms with Gasteiger partial charge in [0, 0.05) is 0 Å². The highest BCUT2D eigenvalue weighted by atomic mass is 16.6. The van der Waals surface area contributed by atoms with E-state index in [1.54, 1.807) is 41.5 Å². The van der Waals surface area contributed by atoms with E-state index in [4.69, 9.17) is 15.2 Å². The van der Waals surface area contributed by atoms with E-state index in [1.807, 2.05) is 0 Å². The Hall–Kier alpha value is -3.18. The molecule has 2 atom stereocenters. The molecule has 39 heavy (non-hydrogen) atoms. The van der Waals surface area contributed by atoms with E-state index in [1.165, 1.54) is 0 Å². The molecule has 2 rings (SSSR count). The number of hydrogen-bond donors (Lipinski definition) is 3. The summed E-state index contributed by atoms with van der Waals surface area (Å²) >= 11 is 0. The smallest absolute Gasteiger partial charge is 0.408 e. The number of carbonyl (C=O) groups is 6. The van der Waals surface area contributed by atoms with E-state index in [0.29, 0.717) is 24.7 Å². The molecule has 2 aliphatic carbocycles. The van der Waals surface area contributed by atoms with Crippen molar-refractivity contribution in [3.05, 3.63) is 0 Å². The molecule has 0 aromatic carbocycles. The summed E-state index contributed by atoms with van der Waals surface area (Å²) in [7, 11) is 1.15. The molecule has 12 nitrogen and oxygen atoms in total. The lowest BCUT2D eigenvalue weighted by Gasteiger charge is -2.29. The van der Waals surface area contributed by atoms with Crippen LogP contribution in [0.1, 0.15) is 92.9 Å². The van der Waals surface area contributed by atoms with Crippen LogP contribution in [-0.2, 0) is 33.4 Å². The van der Waals surface area contributed by atoms with Gasteiger partial charge in [-0.3, -0.25) is 14.4 Å². The first kappa shape index (κ1) is 33.8. The molecular weight excluding hydrogens is 510 g/mol. The molecule has 0 bridgehead atoms. The maximum atomic E-state index is 11.9. The lowest BCUT2D eigenvalue weighted by atomic mass is 9.80. The second-order valence-electron chi connectivity index (χ2n) is 12.0. The van der Waals surface area contributed by atoms with E-state index < -0.39 is 58.9 Å². The minimum Gasteiger partial charge on any atom is -0.463 e. The quantitative estimate of drug-likeness (QED) is 0.207. The van der Waals surface area contributed by atoms with Crippen molar-refractivity contribution >= 4 is 35.6 Å². The Labute approximate surface area is 230 Å². The van der Waals surface area contributed by atoms with Crippen LogP contribution in [0.2, 0.25) is 0 Å². The first-order valence-corrected chi connectivity index (χ1v) is 13.4. The number of nitrogens with two attached hydrogens (primary N) is 1. The number of esters is 1. The number of primary amides is 1. The number of amides is 3. The molecule has 2 aliphatic rings. The molecule has 3 amide bonds. The van der Waals surface area contributed by atoms with Crippen molar-refractivity contribution in [1.29, 1.82) is 0 Å². The molecule has 0 aromatic heterocycles. The third-order valence-electron chi connectivity index (χ3n) is 6.23. The zero-order valence-corrected chi connectivity index (χ0v) is 24.2. The Morgan fingerprint density at radius 1 is 0.718 bits per heavy atom. The normalized spacial score (nSPS) is 17.0. The van der Waals surface area contributed by atoms with Crippen molar-refractivity contribution in [3.63, 3.8) is 0 Å². The summed E-state index contributed by atoms with van der Waals surface area (Å²) < 4.78 is 14.6. The Balaban J connectivity index is 0.000000391. The van der Waals surface area contributed by atoms with Gasteiger partial charge in [-0.1, -0.05) is 38.5 Å². The number of alkyl carbamates (subject to hydrolysis) is 2. The molecule has 0 aliphatic heterocycles. The number of ketones is 2. The third kappa shape index (κ3) is 13.4. The maximum Gasteiger partial charge on any atom is 0.408 e. The summed E-state index contributed by atoms with van der Waals surface area (Å²) in [6.45, 7) is 10.4. The highest BCUT2D eigenvalue weighted by Crippen LogP contribution is 2.31. The second kappa shape index (κ2) is 14.8. The van der Waals surface area contributed by atoms with Crippen LogP contribution in [0, 0.1) is 11.8 Å². The zero-order valence-electron chi connectivity index (χ0n) is 24.2. The zero-order chi connectivity index (χ0) is 30.0. The Morgan fingerprint density at radius 2 is 1.08 bits per heavy atom. The van der Waals surface area contributed by atoms with Crippen LogP contribution in [-0.4, -0.2) is 66.0 Å². The number of nitrogens with one attached hydrogen (secondary N) is 2. The Kier molecular flexibility index (Phi) is 12.9. The van der Waals surface area contributed by atoms with Gasteiger partial charge < -0.3 is 30.6 Å². The maximum absolute atomic E-state index is 11.9. The third-order valence-corrected chi connectivity index (χ3v) is 6.23. The topological polar surface area (TPSA) is 180 Å². The van der Waals surface area contributed by atoms with Gasteiger partial charge in [0.05, 0.1) is 7.11 Å². The van der Waals surface area contributed by atoms with Crippen molar-refractivity contribution in [1.82, 2.24) is 10.6 Å². The predicted octanol–water partition coefficient (Wildman–Crippen LogP) is 2.94. The molecule has 2 unspecified atom stereocenters. The molecule has 0 spiro atoms. The second-order valence-corrected chi connectivity index (χ2v) is 12.0. The van der Waals surface area contributed by atoms with Gasteiger partial charge in [-0.05, 0) is 66.2 Å². The summed E-state index contributed by atoms with van der Waals surface area (Å²) in [5, 5.41) is 4.92. The molecule has 2 fully saturated rings. The van der Waals surface area contributed by atoms with Gasteiger partial charge >= 0.3 is 18.2 Å². The van der Waals surface area contributed by atoms with E-state index in [9.17, 15) is 28.8 Å². The van der Waals surface area contributed by atoms with E-state index in [2.05, 4.69) is 15.4 Å². The molecule has 0 aromatic rings. The van der Waals surface area contributed by atoms with E-state index in [-0.39, 0.29) is 0 Å². The molecule has 12 heteroatoms. The van der Waals surface area contributed by atoms with Gasteiger partial charge in [-0.25, -0.2) is 14.4 Å². The van der Waals surface area contributed by atoms with Crippen LogP contribution in [0.3, 0.4) is 0 Å². The van der Waals surface area contributed by atoms with Gasteiger partial charge in [0.25, 0.3) is 11.7 Å². The monoisotopic (exact) mass is 555 g/mol. The molecule has 222 valence electrons. The molecule has 0 radical (unpaired) electrons. The molecular formula is C27H45N3O9. The van der Waals surface area contributed by atoms with Gasteiger partial charge in [0.2, 0.25) is 5.78 Å². The highest BCUT2D eigenvalue weighted by Gasteiger charge is 2.34. The van der Waals surface area contributed by atoms with Crippen LogP contribution in [0.5, 0.6) is 0 Å². The first-order chi connectivity index (χ1) is 17.9. The summed E-state index contributed by atoms with van der Waals surface area (Å²) in [5.41, 5.74) is 3.69. The van der Waals surface area contributed by atoms with Crippen LogP contribution in [0.15, 0.2) is 0 Å². The number of rotatable bonds is 10.